The topological polar surface area (TPSA) is 47.6 Å². The van der Waals surface area contributed by atoms with Crippen LogP contribution in [0.15, 0.2) is 54.6 Å². The minimum absolute atomic E-state index is 0.0913. The first kappa shape index (κ1) is 15.2. The van der Waals surface area contributed by atoms with Crippen LogP contribution in [0.25, 0.3) is 6.08 Å². The molecule has 0 radical (unpaired) electrons. The fraction of sp³-hybridized carbons (Fsp3) is 0.211. The highest BCUT2D eigenvalue weighted by atomic mass is 16.6. The minimum Gasteiger partial charge on any atom is -0.486 e. The van der Waals surface area contributed by atoms with Gasteiger partial charge >= 0.3 is 0 Å². The summed E-state index contributed by atoms with van der Waals surface area (Å²) in [7, 11) is 0. The highest BCUT2D eigenvalue weighted by molar-refractivity contribution is 5.91. The van der Waals surface area contributed by atoms with Crippen molar-refractivity contribution in [3.05, 3.63) is 65.7 Å². The fourth-order valence-electron chi connectivity index (χ4n) is 2.37. The lowest BCUT2D eigenvalue weighted by Gasteiger charge is -2.18. The third kappa shape index (κ3) is 4.36. The van der Waals surface area contributed by atoms with Gasteiger partial charge in [-0.1, -0.05) is 36.4 Å². The van der Waals surface area contributed by atoms with E-state index in [1.807, 2.05) is 48.5 Å². The third-order valence-corrected chi connectivity index (χ3v) is 3.55. The minimum atomic E-state index is -0.0913. The average molecular weight is 309 g/mol. The second-order valence-electron chi connectivity index (χ2n) is 5.26. The van der Waals surface area contributed by atoms with Gasteiger partial charge in [0.25, 0.3) is 0 Å². The molecule has 2 aromatic rings. The monoisotopic (exact) mass is 309 g/mol. The van der Waals surface area contributed by atoms with Gasteiger partial charge in [0.05, 0.1) is 0 Å². The Morgan fingerprint density at radius 1 is 1.04 bits per heavy atom. The van der Waals surface area contributed by atoms with Crippen LogP contribution in [-0.4, -0.2) is 25.7 Å². The summed E-state index contributed by atoms with van der Waals surface area (Å²) in [4.78, 5) is 11.8. The molecule has 1 heterocycles. The van der Waals surface area contributed by atoms with Gasteiger partial charge in [-0.2, -0.15) is 0 Å². The van der Waals surface area contributed by atoms with Crippen LogP contribution in [0.4, 0.5) is 0 Å². The Labute approximate surface area is 135 Å². The van der Waals surface area contributed by atoms with E-state index in [1.54, 1.807) is 12.2 Å². The lowest BCUT2D eigenvalue weighted by Crippen LogP contribution is -2.23. The molecule has 0 bridgehead atoms. The normalized spacial score (nSPS) is 13.0. The number of benzene rings is 2. The van der Waals surface area contributed by atoms with E-state index < -0.39 is 0 Å². The maximum Gasteiger partial charge on any atom is 0.244 e. The number of carbonyl (C=O) groups excluding carboxylic acids is 1. The molecule has 2 aromatic carbocycles. The van der Waals surface area contributed by atoms with E-state index in [0.717, 1.165) is 29.0 Å². The Hall–Kier alpha value is -2.75. The van der Waals surface area contributed by atoms with Gasteiger partial charge < -0.3 is 14.8 Å². The Morgan fingerprint density at radius 3 is 2.65 bits per heavy atom. The molecule has 1 aliphatic rings. The zero-order valence-electron chi connectivity index (χ0n) is 12.8. The Kier molecular flexibility index (Phi) is 4.94. The fourth-order valence-corrected chi connectivity index (χ4v) is 2.37. The van der Waals surface area contributed by atoms with Gasteiger partial charge in [0.1, 0.15) is 13.2 Å². The van der Waals surface area contributed by atoms with Gasteiger partial charge in [-0.25, -0.2) is 0 Å². The molecule has 3 rings (SSSR count). The Bertz CT molecular complexity index is 695. The zero-order valence-corrected chi connectivity index (χ0v) is 12.8. The highest BCUT2D eigenvalue weighted by Crippen LogP contribution is 2.30. The van der Waals surface area contributed by atoms with Crippen molar-refractivity contribution in [1.82, 2.24) is 5.32 Å². The number of rotatable bonds is 5. The van der Waals surface area contributed by atoms with Crippen LogP contribution in [0.5, 0.6) is 11.5 Å². The first-order valence-electron chi connectivity index (χ1n) is 7.71. The molecule has 1 amide bonds. The summed E-state index contributed by atoms with van der Waals surface area (Å²) in [6.07, 6.45) is 4.11. The standard InChI is InChI=1S/C19H19NO3/c21-19(9-7-15-4-2-1-3-5-15)20-11-10-16-6-8-17-18(14-16)23-13-12-22-17/h1-9,14H,10-13H2,(H,20,21)/b9-7+. The van der Waals surface area contributed by atoms with Crippen LogP contribution in [0, 0.1) is 0 Å². The lowest BCUT2D eigenvalue weighted by molar-refractivity contribution is -0.116. The molecule has 0 aliphatic carbocycles. The number of amides is 1. The number of ether oxygens (including phenoxy) is 2. The molecule has 1 aliphatic heterocycles. The van der Waals surface area contributed by atoms with Crippen molar-refractivity contribution < 1.29 is 14.3 Å². The second kappa shape index (κ2) is 7.49. The predicted octanol–water partition coefficient (Wildman–Crippen LogP) is 2.83. The van der Waals surface area contributed by atoms with Gasteiger partial charge in [0.2, 0.25) is 5.91 Å². The maximum absolute atomic E-state index is 11.8. The molecule has 0 atom stereocenters. The van der Waals surface area contributed by atoms with E-state index in [0.29, 0.717) is 19.8 Å². The first-order chi connectivity index (χ1) is 11.3. The van der Waals surface area contributed by atoms with E-state index in [2.05, 4.69) is 5.32 Å². The van der Waals surface area contributed by atoms with Gasteiger partial charge in [0.15, 0.2) is 11.5 Å². The number of carbonyl (C=O) groups is 1. The summed E-state index contributed by atoms with van der Waals surface area (Å²) in [5.41, 5.74) is 2.12. The molecule has 0 spiro atoms. The van der Waals surface area contributed by atoms with Crippen molar-refractivity contribution in [2.24, 2.45) is 0 Å². The van der Waals surface area contributed by atoms with Crippen LogP contribution in [0.1, 0.15) is 11.1 Å². The van der Waals surface area contributed by atoms with Gasteiger partial charge in [0, 0.05) is 12.6 Å². The van der Waals surface area contributed by atoms with Crippen molar-refractivity contribution in [1.29, 1.82) is 0 Å². The van der Waals surface area contributed by atoms with E-state index in [1.165, 1.54) is 0 Å². The molecule has 0 saturated heterocycles. The molecular formula is C19H19NO3. The average Bonchev–Trinajstić information content (AvgIpc) is 2.61. The largest absolute Gasteiger partial charge is 0.486 e. The number of hydrogen-bond acceptors (Lipinski definition) is 3. The third-order valence-electron chi connectivity index (χ3n) is 3.55. The summed E-state index contributed by atoms with van der Waals surface area (Å²) < 4.78 is 11.0. The van der Waals surface area contributed by atoms with Crippen LogP contribution < -0.4 is 14.8 Å². The van der Waals surface area contributed by atoms with E-state index in [-0.39, 0.29) is 5.91 Å². The van der Waals surface area contributed by atoms with Crippen LogP contribution in [0.2, 0.25) is 0 Å². The lowest BCUT2D eigenvalue weighted by atomic mass is 10.1. The Balaban J connectivity index is 1.47. The van der Waals surface area contributed by atoms with Crippen LogP contribution in [0.3, 0.4) is 0 Å². The number of nitrogens with one attached hydrogen (secondary N) is 1. The molecule has 0 unspecified atom stereocenters. The molecule has 23 heavy (non-hydrogen) atoms. The molecule has 0 aromatic heterocycles. The summed E-state index contributed by atoms with van der Waals surface area (Å²) in [5.74, 6) is 1.48. The summed E-state index contributed by atoms with van der Waals surface area (Å²) in [5, 5.41) is 2.88. The van der Waals surface area contributed by atoms with E-state index in [9.17, 15) is 4.79 Å². The van der Waals surface area contributed by atoms with Crippen molar-refractivity contribution >= 4 is 12.0 Å². The molecule has 0 saturated carbocycles. The van der Waals surface area contributed by atoms with Crippen LogP contribution >= 0.6 is 0 Å². The summed E-state index contributed by atoms with van der Waals surface area (Å²) in [6, 6.07) is 15.6. The summed E-state index contributed by atoms with van der Waals surface area (Å²) >= 11 is 0. The molecular weight excluding hydrogens is 290 g/mol. The highest BCUT2D eigenvalue weighted by Gasteiger charge is 2.11. The van der Waals surface area contributed by atoms with Crippen molar-refractivity contribution in [3.8, 4) is 11.5 Å². The maximum atomic E-state index is 11.8. The van der Waals surface area contributed by atoms with Crippen molar-refractivity contribution in [2.75, 3.05) is 19.8 Å². The van der Waals surface area contributed by atoms with Crippen LogP contribution in [-0.2, 0) is 11.2 Å². The molecule has 4 nitrogen and oxygen atoms in total. The SMILES string of the molecule is O=C(/C=C/c1ccccc1)NCCc1ccc2c(c1)OCCO2. The Morgan fingerprint density at radius 2 is 1.83 bits per heavy atom. The smallest absolute Gasteiger partial charge is 0.244 e. The molecule has 118 valence electrons. The second-order valence-corrected chi connectivity index (χ2v) is 5.26. The number of fused-ring (bicyclic) bond motifs is 1. The van der Waals surface area contributed by atoms with Crippen molar-refractivity contribution in [2.45, 2.75) is 6.42 Å². The van der Waals surface area contributed by atoms with E-state index >= 15 is 0 Å². The summed E-state index contributed by atoms with van der Waals surface area (Å²) in [6.45, 7) is 1.76. The van der Waals surface area contributed by atoms with Crippen molar-refractivity contribution in [3.63, 3.8) is 0 Å². The van der Waals surface area contributed by atoms with Gasteiger partial charge in [-0.15, -0.1) is 0 Å². The first-order valence-corrected chi connectivity index (χ1v) is 7.71. The molecule has 0 fully saturated rings. The van der Waals surface area contributed by atoms with E-state index in [4.69, 9.17) is 9.47 Å². The molecule has 1 N–H and O–H groups in total. The molecule has 4 heteroatoms. The number of hydrogen-bond donors (Lipinski definition) is 1. The zero-order chi connectivity index (χ0) is 15.9. The quantitative estimate of drug-likeness (QED) is 0.864. The van der Waals surface area contributed by atoms with Gasteiger partial charge in [-0.3, -0.25) is 4.79 Å². The predicted molar refractivity (Wildman–Crippen MR) is 89.6 cm³/mol. The van der Waals surface area contributed by atoms with Gasteiger partial charge in [-0.05, 0) is 35.8 Å².